The average Bonchev–Trinajstić information content (AvgIpc) is 3.37. The number of rotatable bonds is 59. The summed E-state index contributed by atoms with van der Waals surface area (Å²) >= 11 is 0. The molecule has 0 aliphatic heterocycles. The molecule has 0 bridgehead atoms. The highest BCUT2D eigenvalue weighted by Crippen LogP contribution is 2.18. The molecule has 3 N–H and O–H groups in total. The number of unbranched alkanes of at least 4 members (excludes halogenated alkanes) is 44. The Morgan fingerprint density at radius 1 is 0.394 bits per heavy atom. The van der Waals surface area contributed by atoms with Crippen molar-refractivity contribution in [2.45, 2.75) is 353 Å². The van der Waals surface area contributed by atoms with Crippen LogP contribution in [-0.4, -0.2) is 47.4 Å². The Bertz CT molecular complexity index is 1150. The molecule has 2 unspecified atom stereocenters. The number of carbonyl (C=O) groups is 2. The molecule has 0 aromatic heterocycles. The predicted octanol–water partition coefficient (Wildman–Crippen LogP) is 20.0. The molecule has 2 atom stereocenters. The number of hydrogen-bond donors (Lipinski definition) is 3. The zero-order chi connectivity index (χ0) is 51.4. The summed E-state index contributed by atoms with van der Waals surface area (Å²) in [5.41, 5.74) is 0. The Kier molecular flexibility index (Phi) is 59.0. The molecule has 0 saturated carbocycles. The van der Waals surface area contributed by atoms with Gasteiger partial charge in [0.1, 0.15) is 0 Å². The van der Waals surface area contributed by atoms with Crippen LogP contribution >= 0.6 is 0 Å². The summed E-state index contributed by atoms with van der Waals surface area (Å²) in [5.74, 6) is -0.0613. The fourth-order valence-corrected chi connectivity index (χ4v) is 9.79. The summed E-state index contributed by atoms with van der Waals surface area (Å²) < 4.78 is 5.47. The van der Waals surface area contributed by atoms with Gasteiger partial charge in [-0.2, -0.15) is 0 Å². The van der Waals surface area contributed by atoms with Crippen molar-refractivity contribution >= 4 is 11.9 Å². The van der Waals surface area contributed by atoms with Crippen LogP contribution in [0.3, 0.4) is 0 Å². The average molecular weight is 999 g/mol. The zero-order valence-electron chi connectivity index (χ0n) is 47.7. The van der Waals surface area contributed by atoms with Crippen LogP contribution in [-0.2, 0) is 14.3 Å². The molecule has 6 heteroatoms. The first kappa shape index (κ1) is 69.1. The van der Waals surface area contributed by atoms with Gasteiger partial charge in [0.05, 0.1) is 25.4 Å². The summed E-state index contributed by atoms with van der Waals surface area (Å²) in [5, 5.41) is 23.1. The molecule has 0 rings (SSSR count). The Morgan fingerprint density at radius 3 is 1.13 bits per heavy atom. The van der Waals surface area contributed by atoms with Gasteiger partial charge in [0.2, 0.25) is 5.91 Å². The van der Waals surface area contributed by atoms with E-state index in [2.05, 4.69) is 43.5 Å². The number of allylic oxidation sites excluding steroid dienone is 5. The number of hydrogen-bond acceptors (Lipinski definition) is 5. The van der Waals surface area contributed by atoms with Gasteiger partial charge < -0.3 is 20.3 Å². The van der Waals surface area contributed by atoms with Crippen molar-refractivity contribution in [3.8, 4) is 0 Å². The number of nitrogens with one attached hydrogen (secondary N) is 1. The molecule has 0 radical (unpaired) electrons. The number of aliphatic hydroxyl groups is 2. The Labute approximate surface area is 443 Å². The Hall–Kier alpha value is -1.92. The van der Waals surface area contributed by atoms with E-state index >= 15 is 0 Å². The molecular weight excluding hydrogens is 875 g/mol. The zero-order valence-corrected chi connectivity index (χ0v) is 47.7. The van der Waals surface area contributed by atoms with Gasteiger partial charge in [-0.3, -0.25) is 9.59 Å². The summed E-state index contributed by atoms with van der Waals surface area (Å²) in [7, 11) is 0. The van der Waals surface area contributed by atoms with Crippen LogP contribution < -0.4 is 5.32 Å². The van der Waals surface area contributed by atoms with Gasteiger partial charge in [0.15, 0.2) is 0 Å². The number of esters is 1. The fourth-order valence-electron chi connectivity index (χ4n) is 9.79. The first-order valence-corrected chi connectivity index (χ1v) is 31.8. The maximum absolute atomic E-state index is 12.5. The SMILES string of the molecule is CCC/C=C\C/C=C\CCCCCCCC(=O)OCCCCCCCCCCCCCCCCCCCCCCCCCCCCCCC(=O)NC(CO)C(O)/C=C/CCCCCCCCCCCCC. The molecule has 6 nitrogen and oxygen atoms in total. The second-order valence-corrected chi connectivity index (χ2v) is 21.7. The third-order valence-electron chi connectivity index (χ3n) is 14.6. The van der Waals surface area contributed by atoms with Gasteiger partial charge in [-0.15, -0.1) is 0 Å². The van der Waals surface area contributed by atoms with E-state index in [0.717, 1.165) is 51.4 Å². The first-order valence-electron chi connectivity index (χ1n) is 31.8. The molecule has 0 fully saturated rings. The van der Waals surface area contributed by atoms with E-state index in [-0.39, 0.29) is 18.5 Å². The van der Waals surface area contributed by atoms with Gasteiger partial charge in [0, 0.05) is 12.8 Å². The summed E-state index contributed by atoms with van der Waals surface area (Å²) in [4.78, 5) is 24.5. The Balaban J connectivity index is 3.35. The third-order valence-corrected chi connectivity index (χ3v) is 14.6. The van der Waals surface area contributed by atoms with Crippen molar-refractivity contribution in [1.82, 2.24) is 5.32 Å². The van der Waals surface area contributed by atoms with Crippen LogP contribution in [0.2, 0.25) is 0 Å². The third kappa shape index (κ3) is 57.2. The second kappa shape index (κ2) is 60.6. The smallest absolute Gasteiger partial charge is 0.305 e. The molecule has 0 aromatic carbocycles. The van der Waals surface area contributed by atoms with E-state index in [1.165, 1.54) is 263 Å². The highest BCUT2D eigenvalue weighted by molar-refractivity contribution is 5.76. The number of amides is 1. The minimum atomic E-state index is -0.841. The van der Waals surface area contributed by atoms with Crippen molar-refractivity contribution in [3.05, 3.63) is 36.5 Å². The van der Waals surface area contributed by atoms with Gasteiger partial charge in [-0.1, -0.05) is 307 Å². The van der Waals surface area contributed by atoms with Crippen LogP contribution in [0.1, 0.15) is 341 Å². The molecule has 0 aliphatic carbocycles. The highest BCUT2D eigenvalue weighted by atomic mass is 16.5. The molecule has 1 amide bonds. The van der Waals surface area contributed by atoms with Crippen molar-refractivity contribution < 1.29 is 24.5 Å². The minimum Gasteiger partial charge on any atom is -0.466 e. The molecular formula is C65H123NO5. The maximum atomic E-state index is 12.5. The standard InChI is InChI=1S/C65H123NO5/c1-3-5-7-9-11-13-15-33-37-41-45-49-53-57-63(68)62(61-67)66-64(69)58-54-50-46-42-38-35-31-29-27-25-23-21-19-17-18-20-22-24-26-28-30-32-36-40-44-48-52-56-60-71-65(70)59-55-51-47-43-39-34-16-14-12-10-8-6-4-2/h8,10,14,16,53,57,62-63,67-68H,3-7,9,11-13,15,17-52,54-56,58-61H2,1-2H3,(H,66,69)/b10-8-,16-14-,57-53+. The Morgan fingerprint density at radius 2 is 0.732 bits per heavy atom. The van der Waals surface area contributed by atoms with Crippen molar-refractivity contribution in [3.63, 3.8) is 0 Å². The monoisotopic (exact) mass is 998 g/mol. The number of carbonyl (C=O) groups excluding carboxylic acids is 2. The van der Waals surface area contributed by atoms with Crippen molar-refractivity contribution in [1.29, 1.82) is 0 Å². The predicted molar refractivity (Wildman–Crippen MR) is 310 cm³/mol. The fraction of sp³-hybridized carbons (Fsp3) is 0.877. The van der Waals surface area contributed by atoms with E-state index < -0.39 is 12.1 Å². The topological polar surface area (TPSA) is 95.9 Å². The lowest BCUT2D eigenvalue weighted by atomic mass is 10.0. The van der Waals surface area contributed by atoms with Crippen molar-refractivity contribution in [2.75, 3.05) is 13.2 Å². The van der Waals surface area contributed by atoms with Gasteiger partial charge >= 0.3 is 5.97 Å². The lowest BCUT2D eigenvalue weighted by molar-refractivity contribution is -0.143. The lowest BCUT2D eigenvalue weighted by Gasteiger charge is -2.20. The molecule has 71 heavy (non-hydrogen) atoms. The summed E-state index contributed by atoms with van der Waals surface area (Å²) in [6, 6.07) is -0.625. The van der Waals surface area contributed by atoms with Crippen LogP contribution in [0.4, 0.5) is 0 Å². The summed E-state index contributed by atoms with van der Waals surface area (Å²) in [6.07, 6.45) is 76.3. The van der Waals surface area contributed by atoms with E-state index in [0.29, 0.717) is 19.4 Å². The van der Waals surface area contributed by atoms with E-state index in [9.17, 15) is 19.8 Å². The van der Waals surface area contributed by atoms with E-state index in [4.69, 9.17) is 4.74 Å². The van der Waals surface area contributed by atoms with Crippen LogP contribution in [0.15, 0.2) is 36.5 Å². The number of aliphatic hydroxyl groups excluding tert-OH is 2. The minimum absolute atomic E-state index is 0.00295. The largest absolute Gasteiger partial charge is 0.466 e. The van der Waals surface area contributed by atoms with Gasteiger partial charge in [-0.25, -0.2) is 0 Å². The van der Waals surface area contributed by atoms with Gasteiger partial charge in [-0.05, 0) is 57.8 Å². The number of ether oxygens (including phenoxy) is 1. The van der Waals surface area contributed by atoms with Crippen molar-refractivity contribution in [2.24, 2.45) is 0 Å². The molecule has 0 saturated heterocycles. The lowest BCUT2D eigenvalue weighted by Crippen LogP contribution is -2.45. The molecule has 0 aliphatic rings. The maximum Gasteiger partial charge on any atom is 0.305 e. The first-order chi connectivity index (χ1) is 35.0. The van der Waals surface area contributed by atoms with Gasteiger partial charge in [0.25, 0.3) is 0 Å². The van der Waals surface area contributed by atoms with E-state index in [1.54, 1.807) is 6.08 Å². The van der Waals surface area contributed by atoms with Crippen LogP contribution in [0, 0.1) is 0 Å². The normalized spacial score (nSPS) is 12.8. The molecule has 418 valence electrons. The second-order valence-electron chi connectivity index (χ2n) is 21.7. The summed E-state index contributed by atoms with van der Waals surface area (Å²) in [6.45, 7) is 4.85. The van der Waals surface area contributed by atoms with Crippen LogP contribution in [0.5, 0.6) is 0 Å². The van der Waals surface area contributed by atoms with E-state index in [1.807, 2.05) is 6.08 Å². The quantitative estimate of drug-likeness (QED) is 0.0321. The molecule has 0 spiro atoms. The highest BCUT2D eigenvalue weighted by Gasteiger charge is 2.18. The van der Waals surface area contributed by atoms with Crippen LogP contribution in [0.25, 0.3) is 0 Å². The molecule has 0 aromatic rings. The molecule has 0 heterocycles.